The number of benzene rings is 1. The summed E-state index contributed by atoms with van der Waals surface area (Å²) in [5.74, 6) is -0.507. The van der Waals surface area contributed by atoms with E-state index >= 15 is 0 Å². The lowest BCUT2D eigenvalue weighted by Crippen LogP contribution is -2.36. The summed E-state index contributed by atoms with van der Waals surface area (Å²) >= 11 is 3.10. The quantitative estimate of drug-likeness (QED) is 0.828. The van der Waals surface area contributed by atoms with E-state index in [1.807, 2.05) is 0 Å². The molecule has 1 amide bonds. The summed E-state index contributed by atoms with van der Waals surface area (Å²) in [7, 11) is 1.69. The second-order valence-corrected chi connectivity index (χ2v) is 5.96. The van der Waals surface area contributed by atoms with E-state index in [-0.39, 0.29) is 5.91 Å². The van der Waals surface area contributed by atoms with Crippen molar-refractivity contribution in [2.75, 3.05) is 46.4 Å². The molecule has 0 spiro atoms. The van der Waals surface area contributed by atoms with E-state index in [1.165, 1.54) is 6.07 Å². The maximum atomic E-state index is 13.5. The second-order valence-electron chi connectivity index (χ2n) is 5.11. The molecule has 1 aliphatic heterocycles. The first-order valence-electron chi connectivity index (χ1n) is 7.07. The highest BCUT2D eigenvalue weighted by Gasteiger charge is 2.20. The standard InChI is InChI=1S/C15H20BrFN2O2/c1-21-10-9-18-5-2-6-19(8-7-18)15(20)12-3-4-13(16)14(17)11-12/h3-4,11H,2,5-10H2,1H3. The van der Waals surface area contributed by atoms with Crippen LogP contribution in [0.5, 0.6) is 0 Å². The van der Waals surface area contributed by atoms with Gasteiger partial charge in [-0.3, -0.25) is 9.69 Å². The SMILES string of the molecule is COCCN1CCCN(C(=O)c2ccc(Br)c(F)c2)CC1. The maximum Gasteiger partial charge on any atom is 0.254 e. The highest BCUT2D eigenvalue weighted by molar-refractivity contribution is 9.10. The molecule has 1 fully saturated rings. The van der Waals surface area contributed by atoms with Crippen LogP contribution in [0.1, 0.15) is 16.8 Å². The molecule has 0 saturated carbocycles. The van der Waals surface area contributed by atoms with Crippen LogP contribution in [0.25, 0.3) is 0 Å². The normalized spacial score (nSPS) is 16.8. The Bertz CT molecular complexity index is 499. The zero-order chi connectivity index (χ0) is 15.2. The smallest absolute Gasteiger partial charge is 0.254 e. The molecule has 0 bridgehead atoms. The monoisotopic (exact) mass is 358 g/mol. The number of nitrogens with zero attached hydrogens (tertiary/aromatic N) is 2. The molecule has 116 valence electrons. The molecule has 4 nitrogen and oxygen atoms in total. The van der Waals surface area contributed by atoms with Gasteiger partial charge in [-0.05, 0) is 47.1 Å². The minimum atomic E-state index is -0.405. The van der Waals surface area contributed by atoms with Gasteiger partial charge in [0, 0.05) is 38.9 Å². The third-order valence-corrected chi connectivity index (χ3v) is 4.30. The third-order valence-electron chi connectivity index (χ3n) is 3.65. The van der Waals surface area contributed by atoms with Crippen LogP contribution in [0, 0.1) is 5.82 Å². The Kier molecular flexibility index (Phi) is 6.14. The van der Waals surface area contributed by atoms with Crippen molar-refractivity contribution >= 4 is 21.8 Å². The van der Waals surface area contributed by atoms with E-state index in [0.717, 1.165) is 26.1 Å². The topological polar surface area (TPSA) is 32.8 Å². The predicted molar refractivity (Wildman–Crippen MR) is 82.9 cm³/mol. The van der Waals surface area contributed by atoms with Crippen molar-refractivity contribution in [3.05, 3.63) is 34.1 Å². The number of ether oxygens (including phenoxy) is 1. The minimum Gasteiger partial charge on any atom is -0.383 e. The molecule has 1 heterocycles. The Hall–Kier alpha value is -0.980. The molecule has 0 unspecified atom stereocenters. The van der Waals surface area contributed by atoms with Gasteiger partial charge in [-0.15, -0.1) is 0 Å². The molecular formula is C15H20BrFN2O2. The summed E-state index contributed by atoms with van der Waals surface area (Å²) in [6.45, 7) is 4.74. The molecule has 0 atom stereocenters. The van der Waals surface area contributed by atoms with Gasteiger partial charge in [0.05, 0.1) is 11.1 Å². The Morgan fingerprint density at radius 1 is 1.33 bits per heavy atom. The highest BCUT2D eigenvalue weighted by atomic mass is 79.9. The molecule has 21 heavy (non-hydrogen) atoms. The van der Waals surface area contributed by atoms with Crippen molar-refractivity contribution in [1.82, 2.24) is 9.80 Å². The number of methoxy groups -OCH3 is 1. The summed E-state index contributed by atoms with van der Waals surface area (Å²) in [6, 6.07) is 4.52. The number of carbonyl (C=O) groups excluding carboxylic acids is 1. The maximum absolute atomic E-state index is 13.5. The number of hydrogen-bond acceptors (Lipinski definition) is 3. The van der Waals surface area contributed by atoms with Gasteiger partial charge in [0.25, 0.3) is 5.91 Å². The largest absolute Gasteiger partial charge is 0.383 e. The molecule has 0 radical (unpaired) electrons. The molecule has 1 aliphatic rings. The summed E-state index contributed by atoms with van der Waals surface area (Å²) in [4.78, 5) is 16.5. The Morgan fingerprint density at radius 3 is 2.86 bits per heavy atom. The number of carbonyl (C=O) groups is 1. The fraction of sp³-hybridized carbons (Fsp3) is 0.533. The van der Waals surface area contributed by atoms with Crippen LogP contribution in [0.3, 0.4) is 0 Å². The van der Waals surface area contributed by atoms with Crippen LogP contribution in [0.4, 0.5) is 4.39 Å². The minimum absolute atomic E-state index is 0.102. The number of rotatable bonds is 4. The first kappa shape index (κ1) is 16.4. The summed E-state index contributed by atoms with van der Waals surface area (Å²) < 4.78 is 19.0. The second kappa shape index (κ2) is 7.87. The molecular weight excluding hydrogens is 339 g/mol. The summed E-state index contributed by atoms with van der Waals surface area (Å²) in [6.07, 6.45) is 0.925. The fourth-order valence-corrected chi connectivity index (χ4v) is 2.68. The van der Waals surface area contributed by atoms with E-state index in [0.29, 0.717) is 29.7 Å². The first-order valence-corrected chi connectivity index (χ1v) is 7.86. The summed E-state index contributed by atoms with van der Waals surface area (Å²) in [5.41, 5.74) is 0.404. The summed E-state index contributed by atoms with van der Waals surface area (Å²) in [5, 5.41) is 0. The van der Waals surface area contributed by atoms with Gasteiger partial charge in [-0.25, -0.2) is 4.39 Å². The van der Waals surface area contributed by atoms with E-state index in [4.69, 9.17) is 4.74 Å². The van der Waals surface area contributed by atoms with Crippen molar-refractivity contribution in [2.45, 2.75) is 6.42 Å². The molecule has 1 saturated heterocycles. The van der Waals surface area contributed by atoms with Gasteiger partial charge in [0.15, 0.2) is 0 Å². The lowest BCUT2D eigenvalue weighted by molar-refractivity contribution is 0.0758. The fourth-order valence-electron chi connectivity index (χ4n) is 2.43. The zero-order valence-electron chi connectivity index (χ0n) is 12.1. The van der Waals surface area contributed by atoms with Crippen molar-refractivity contribution in [2.24, 2.45) is 0 Å². The van der Waals surface area contributed by atoms with Crippen LogP contribution >= 0.6 is 15.9 Å². The predicted octanol–water partition coefficient (Wildman–Crippen LogP) is 2.38. The van der Waals surface area contributed by atoms with Gasteiger partial charge < -0.3 is 9.64 Å². The molecule has 0 N–H and O–H groups in total. The molecule has 2 rings (SSSR count). The molecule has 1 aromatic rings. The van der Waals surface area contributed by atoms with E-state index in [9.17, 15) is 9.18 Å². The zero-order valence-corrected chi connectivity index (χ0v) is 13.7. The van der Waals surface area contributed by atoms with Gasteiger partial charge in [-0.1, -0.05) is 0 Å². The average molecular weight is 359 g/mol. The van der Waals surface area contributed by atoms with Gasteiger partial charge >= 0.3 is 0 Å². The number of amides is 1. The molecule has 1 aromatic carbocycles. The molecule has 6 heteroatoms. The van der Waals surface area contributed by atoms with Crippen LogP contribution in [0.15, 0.2) is 22.7 Å². The Labute approximate surface area is 133 Å². The lowest BCUT2D eigenvalue weighted by Gasteiger charge is -2.22. The Morgan fingerprint density at radius 2 is 2.14 bits per heavy atom. The van der Waals surface area contributed by atoms with Crippen molar-refractivity contribution in [1.29, 1.82) is 0 Å². The van der Waals surface area contributed by atoms with Gasteiger partial charge in [-0.2, -0.15) is 0 Å². The van der Waals surface area contributed by atoms with Crippen LogP contribution in [-0.2, 0) is 4.74 Å². The molecule has 0 aromatic heterocycles. The van der Waals surface area contributed by atoms with Crippen LogP contribution in [-0.4, -0.2) is 62.1 Å². The number of halogens is 2. The Balaban J connectivity index is 1.98. The average Bonchev–Trinajstić information content (AvgIpc) is 2.73. The van der Waals surface area contributed by atoms with Crippen molar-refractivity contribution < 1.29 is 13.9 Å². The van der Waals surface area contributed by atoms with Gasteiger partial charge in [0.2, 0.25) is 0 Å². The van der Waals surface area contributed by atoms with Gasteiger partial charge in [0.1, 0.15) is 5.82 Å². The van der Waals surface area contributed by atoms with Crippen molar-refractivity contribution in [3.63, 3.8) is 0 Å². The van der Waals surface area contributed by atoms with Crippen LogP contribution < -0.4 is 0 Å². The third kappa shape index (κ3) is 4.49. The number of hydrogen-bond donors (Lipinski definition) is 0. The van der Waals surface area contributed by atoms with E-state index < -0.39 is 5.82 Å². The lowest BCUT2D eigenvalue weighted by atomic mass is 10.2. The van der Waals surface area contributed by atoms with E-state index in [2.05, 4.69) is 20.8 Å². The van der Waals surface area contributed by atoms with Crippen LogP contribution in [0.2, 0.25) is 0 Å². The highest BCUT2D eigenvalue weighted by Crippen LogP contribution is 2.18. The first-order chi connectivity index (χ1) is 10.1. The van der Waals surface area contributed by atoms with Crippen molar-refractivity contribution in [3.8, 4) is 0 Å². The van der Waals surface area contributed by atoms with E-state index in [1.54, 1.807) is 24.1 Å². The molecule has 0 aliphatic carbocycles.